The van der Waals surface area contributed by atoms with Crippen molar-refractivity contribution < 1.29 is 0 Å². The van der Waals surface area contributed by atoms with Gasteiger partial charge in [-0.1, -0.05) is 32.6 Å². The quantitative estimate of drug-likeness (QED) is 0.483. The first-order chi connectivity index (χ1) is 5.13. The highest BCUT2D eigenvalue weighted by Crippen LogP contribution is 2.21. The highest BCUT2D eigenvalue weighted by molar-refractivity contribution is 7.84. The second-order valence-corrected chi connectivity index (χ2v) is 3.17. The zero-order valence-electron chi connectivity index (χ0n) is 7.46. The summed E-state index contributed by atoms with van der Waals surface area (Å²) in [4.78, 5) is 1.01. The van der Waals surface area contributed by atoms with Crippen LogP contribution in [0.3, 0.4) is 0 Å². The van der Waals surface area contributed by atoms with E-state index in [1.165, 1.54) is 5.57 Å². The molecule has 62 valence electrons. The molecule has 0 rings (SSSR count). The van der Waals surface area contributed by atoms with Crippen molar-refractivity contribution in [1.82, 2.24) is 0 Å². The minimum atomic E-state index is 0.531. The predicted molar refractivity (Wildman–Crippen MR) is 55.9 cm³/mol. The molecule has 0 nitrogen and oxygen atoms in total. The van der Waals surface area contributed by atoms with Crippen LogP contribution in [0.25, 0.3) is 0 Å². The largest absolute Gasteiger partial charge is 0.143 e. The van der Waals surface area contributed by atoms with Gasteiger partial charge in [0, 0.05) is 4.91 Å². The summed E-state index contributed by atoms with van der Waals surface area (Å²) in [6.07, 6.45) is 5.76. The van der Waals surface area contributed by atoms with Crippen molar-refractivity contribution in [1.29, 1.82) is 0 Å². The summed E-state index contributed by atoms with van der Waals surface area (Å²) in [6.45, 7) is 9.96. The number of thiol groups is 1. The molecule has 0 aliphatic carbocycles. The molecular weight excluding hydrogens is 152 g/mol. The van der Waals surface area contributed by atoms with Crippen LogP contribution in [0.5, 0.6) is 0 Å². The second-order valence-electron chi connectivity index (χ2n) is 2.69. The number of hydrogen-bond acceptors (Lipinski definition) is 1. The molecule has 0 aromatic heterocycles. The van der Waals surface area contributed by atoms with Crippen LogP contribution in [0.4, 0.5) is 0 Å². The number of rotatable bonds is 3. The molecule has 0 aliphatic heterocycles. The van der Waals surface area contributed by atoms with Crippen molar-refractivity contribution in [3.05, 3.63) is 35.3 Å². The Kier molecular flexibility index (Phi) is 5.05. The van der Waals surface area contributed by atoms with Gasteiger partial charge < -0.3 is 0 Å². The SMILES string of the molecule is C=C/C=C(S)\C(=C/C)C(C)C. The minimum Gasteiger partial charge on any atom is -0.143 e. The van der Waals surface area contributed by atoms with Gasteiger partial charge in [0.15, 0.2) is 0 Å². The Bertz CT molecular complexity index is 185. The van der Waals surface area contributed by atoms with Crippen LogP contribution in [0.1, 0.15) is 20.8 Å². The van der Waals surface area contributed by atoms with Crippen LogP contribution in [0.15, 0.2) is 35.3 Å². The number of hydrogen-bond donors (Lipinski definition) is 1. The van der Waals surface area contributed by atoms with E-state index in [2.05, 4.69) is 39.1 Å². The molecule has 11 heavy (non-hydrogen) atoms. The van der Waals surface area contributed by atoms with Gasteiger partial charge in [0.25, 0.3) is 0 Å². The summed E-state index contributed by atoms with van der Waals surface area (Å²) >= 11 is 4.35. The van der Waals surface area contributed by atoms with E-state index >= 15 is 0 Å². The summed E-state index contributed by atoms with van der Waals surface area (Å²) in [7, 11) is 0. The average molecular weight is 168 g/mol. The second kappa shape index (κ2) is 5.25. The maximum absolute atomic E-state index is 4.35. The summed E-state index contributed by atoms with van der Waals surface area (Å²) in [5.74, 6) is 0.531. The average Bonchev–Trinajstić information content (AvgIpc) is 1.88. The lowest BCUT2D eigenvalue weighted by Crippen LogP contribution is -1.93. The van der Waals surface area contributed by atoms with E-state index in [4.69, 9.17) is 0 Å². The third-order valence-corrected chi connectivity index (χ3v) is 1.91. The Hall–Kier alpha value is -0.430. The maximum Gasteiger partial charge on any atom is 0.00711 e. The topological polar surface area (TPSA) is 0 Å². The van der Waals surface area contributed by atoms with Crippen molar-refractivity contribution >= 4 is 12.6 Å². The molecule has 0 aromatic rings. The Labute approximate surface area is 75.1 Å². The van der Waals surface area contributed by atoms with Crippen LogP contribution >= 0.6 is 12.6 Å². The molecule has 0 saturated heterocycles. The zero-order valence-corrected chi connectivity index (χ0v) is 8.36. The van der Waals surface area contributed by atoms with Gasteiger partial charge in [-0.3, -0.25) is 0 Å². The zero-order chi connectivity index (χ0) is 8.85. The first kappa shape index (κ1) is 10.6. The van der Waals surface area contributed by atoms with Crippen molar-refractivity contribution in [3.63, 3.8) is 0 Å². The third-order valence-electron chi connectivity index (χ3n) is 1.50. The van der Waals surface area contributed by atoms with Crippen LogP contribution < -0.4 is 0 Å². The molecule has 0 fully saturated rings. The lowest BCUT2D eigenvalue weighted by Gasteiger charge is -2.09. The molecule has 0 heterocycles. The molecule has 0 aliphatic rings. The van der Waals surface area contributed by atoms with Crippen molar-refractivity contribution in [2.24, 2.45) is 5.92 Å². The molecule has 0 spiro atoms. The lowest BCUT2D eigenvalue weighted by molar-refractivity contribution is 0.787. The molecule has 0 radical (unpaired) electrons. The Morgan fingerprint density at radius 3 is 2.27 bits per heavy atom. The summed E-state index contributed by atoms with van der Waals surface area (Å²) in [6, 6.07) is 0. The van der Waals surface area contributed by atoms with Crippen LogP contribution in [0, 0.1) is 5.92 Å². The van der Waals surface area contributed by atoms with Crippen molar-refractivity contribution in [2.45, 2.75) is 20.8 Å². The van der Waals surface area contributed by atoms with Gasteiger partial charge in [-0.15, -0.1) is 12.6 Å². The first-order valence-corrected chi connectivity index (χ1v) is 4.26. The Morgan fingerprint density at radius 1 is 1.45 bits per heavy atom. The molecule has 0 saturated carbocycles. The van der Waals surface area contributed by atoms with Gasteiger partial charge in [-0.2, -0.15) is 0 Å². The predicted octanol–water partition coefficient (Wildman–Crippen LogP) is 3.59. The molecule has 0 amide bonds. The smallest absolute Gasteiger partial charge is 0.00711 e. The molecule has 0 atom stereocenters. The highest BCUT2D eigenvalue weighted by atomic mass is 32.1. The van der Waals surface area contributed by atoms with E-state index in [0.717, 1.165) is 4.91 Å². The molecule has 0 N–H and O–H groups in total. The van der Waals surface area contributed by atoms with Crippen LogP contribution in [0.2, 0.25) is 0 Å². The summed E-state index contributed by atoms with van der Waals surface area (Å²) in [5, 5.41) is 0. The van der Waals surface area contributed by atoms with Gasteiger partial charge in [0.2, 0.25) is 0 Å². The van der Waals surface area contributed by atoms with Crippen LogP contribution in [-0.2, 0) is 0 Å². The molecule has 0 bridgehead atoms. The lowest BCUT2D eigenvalue weighted by atomic mass is 10.0. The Balaban J connectivity index is 4.53. The van der Waals surface area contributed by atoms with E-state index in [1.54, 1.807) is 6.08 Å². The van der Waals surface area contributed by atoms with Crippen LogP contribution in [-0.4, -0.2) is 0 Å². The Morgan fingerprint density at radius 2 is 2.00 bits per heavy atom. The minimum absolute atomic E-state index is 0.531. The molecule has 0 unspecified atom stereocenters. The van der Waals surface area contributed by atoms with Gasteiger partial charge in [-0.25, -0.2) is 0 Å². The monoisotopic (exact) mass is 168 g/mol. The van der Waals surface area contributed by atoms with E-state index < -0.39 is 0 Å². The normalized spacial score (nSPS) is 13.9. The van der Waals surface area contributed by atoms with Gasteiger partial charge in [0.05, 0.1) is 0 Å². The van der Waals surface area contributed by atoms with Gasteiger partial charge in [0.1, 0.15) is 0 Å². The summed E-state index contributed by atoms with van der Waals surface area (Å²) in [5.41, 5.74) is 1.27. The summed E-state index contributed by atoms with van der Waals surface area (Å²) < 4.78 is 0. The van der Waals surface area contributed by atoms with E-state index in [0.29, 0.717) is 5.92 Å². The fourth-order valence-corrected chi connectivity index (χ4v) is 1.48. The highest BCUT2D eigenvalue weighted by Gasteiger charge is 2.02. The van der Waals surface area contributed by atoms with Gasteiger partial charge >= 0.3 is 0 Å². The third kappa shape index (κ3) is 3.47. The van der Waals surface area contributed by atoms with E-state index in [9.17, 15) is 0 Å². The standard InChI is InChI=1S/C10H16S/c1-5-7-10(11)9(6-2)8(3)4/h5-8,11H,1H2,2-4H3/b9-6-,10-7+. The van der Waals surface area contributed by atoms with Crippen molar-refractivity contribution in [2.75, 3.05) is 0 Å². The fraction of sp³-hybridized carbons (Fsp3) is 0.400. The molecular formula is C10H16S. The fourth-order valence-electron chi connectivity index (χ4n) is 0.985. The molecule has 1 heteroatoms. The number of allylic oxidation sites excluding steroid dienone is 4. The van der Waals surface area contributed by atoms with Crippen molar-refractivity contribution in [3.8, 4) is 0 Å². The van der Waals surface area contributed by atoms with E-state index in [-0.39, 0.29) is 0 Å². The first-order valence-electron chi connectivity index (χ1n) is 3.81. The molecule has 0 aromatic carbocycles. The maximum atomic E-state index is 4.35. The van der Waals surface area contributed by atoms with E-state index in [1.807, 2.05) is 13.0 Å². The van der Waals surface area contributed by atoms with Gasteiger partial charge in [-0.05, 0) is 24.5 Å².